The van der Waals surface area contributed by atoms with Crippen LogP contribution in [0.15, 0.2) is 42.5 Å². The van der Waals surface area contributed by atoms with E-state index in [4.69, 9.17) is 16.6 Å². The molecule has 33 heavy (non-hydrogen) atoms. The van der Waals surface area contributed by atoms with Crippen molar-refractivity contribution in [1.29, 1.82) is 0 Å². The summed E-state index contributed by atoms with van der Waals surface area (Å²) in [5, 5.41) is 10.7. The van der Waals surface area contributed by atoms with Crippen LogP contribution in [0, 0.1) is 12.8 Å². The molecule has 1 saturated carbocycles. The Kier molecular flexibility index (Phi) is 4.76. The van der Waals surface area contributed by atoms with Gasteiger partial charge < -0.3 is 9.80 Å². The Morgan fingerprint density at radius 1 is 1.06 bits per heavy atom. The molecule has 1 atom stereocenters. The van der Waals surface area contributed by atoms with E-state index in [9.17, 15) is 4.79 Å². The van der Waals surface area contributed by atoms with Gasteiger partial charge in [0.1, 0.15) is 0 Å². The normalized spacial score (nSPS) is 18.9. The summed E-state index contributed by atoms with van der Waals surface area (Å²) in [6.45, 7) is 6.30. The third-order valence-corrected chi connectivity index (χ3v) is 6.95. The van der Waals surface area contributed by atoms with Gasteiger partial charge in [-0.3, -0.25) is 4.79 Å². The smallest absolute Gasteiger partial charge is 0.226 e. The van der Waals surface area contributed by atoms with Gasteiger partial charge in [0, 0.05) is 47.6 Å². The maximum Gasteiger partial charge on any atom is 0.226 e. The number of hydrogen-bond donors (Lipinski definition) is 0. The van der Waals surface area contributed by atoms with E-state index >= 15 is 0 Å². The number of amides is 1. The van der Waals surface area contributed by atoms with Gasteiger partial charge in [-0.15, -0.1) is 10.2 Å². The summed E-state index contributed by atoms with van der Waals surface area (Å²) in [6.07, 6.45) is 2.06. The quantitative estimate of drug-likeness (QED) is 0.454. The van der Waals surface area contributed by atoms with Crippen LogP contribution < -0.4 is 4.90 Å². The molecular weight excluding hydrogens is 436 g/mol. The van der Waals surface area contributed by atoms with E-state index < -0.39 is 0 Å². The molecule has 6 rings (SSSR count). The summed E-state index contributed by atoms with van der Waals surface area (Å²) in [5.74, 6) is 2.08. The van der Waals surface area contributed by atoms with E-state index in [0.717, 1.165) is 46.7 Å². The second-order valence-corrected chi connectivity index (χ2v) is 9.66. The van der Waals surface area contributed by atoms with Crippen LogP contribution in [0.1, 0.15) is 25.3 Å². The first-order valence-corrected chi connectivity index (χ1v) is 11.8. The highest BCUT2D eigenvalue weighted by atomic mass is 35.5. The lowest BCUT2D eigenvalue weighted by Crippen LogP contribution is -2.55. The minimum Gasteiger partial charge on any atom is -0.338 e. The molecule has 0 unspecified atom stereocenters. The predicted octanol–water partition coefficient (Wildman–Crippen LogP) is 4.35. The van der Waals surface area contributed by atoms with Crippen molar-refractivity contribution in [3.63, 3.8) is 0 Å². The average molecular weight is 461 g/mol. The van der Waals surface area contributed by atoms with Gasteiger partial charge in [0.05, 0.1) is 5.52 Å². The summed E-state index contributed by atoms with van der Waals surface area (Å²) >= 11 is 6.30. The van der Waals surface area contributed by atoms with Crippen molar-refractivity contribution in [2.75, 3.05) is 24.5 Å². The van der Waals surface area contributed by atoms with E-state index in [1.165, 1.54) is 5.56 Å². The number of benzene rings is 2. The Morgan fingerprint density at radius 3 is 2.58 bits per heavy atom. The molecule has 168 valence electrons. The molecule has 0 radical (unpaired) electrons. The van der Waals surface area contributed by atoms with E-state index in [0.29, 0.717) is 30.6 Å². The zero-order chi connectivity index (χ0) is 22.7. The van der Waals surface area contributed by atoms with Crippen molar-refractivity contribution in [2.24, 2.45) is 5.92 Å². The highest BCUT2D eigenvalue weighted by molar-refractivity contribution is 6.31. The molecule has 4 aromatic rings. The zero-order valence-electron chi connectivity index (χ0n) is 18.7. The second-order valence-electron chi connectivity index (χ2n) is 9.22. The van der Waals surface area contributed by atoms with Gasteiger partial charge >= 0.3 is 0 Å². The molecule has 3 heterocycles. The number of nitrogens with zero attached hydrogens (tertiary/aromatic N) is 6. The number of rotatable bonds is 3. The molecule has 8 heteroatoms. The minimum absolute atomic E-state index is 0.109. The van der Waals surface area contributed by atoms with E-state index in [2.05, 4.69) is 53.2 Å². The molecule has 1 amide bonds. The van der Waals surface area contributed by atoms with E-state index in [1.54, 1.807) is 0 Å². The first kappa shape index (κ1) is 20.4. The molecule has 2 aromatic carbocycles. The maximum atomic E-state index is 12.7. The van der Waals surface area contributed by atoms with Crippen molar-refractivity contribution in [3.8, 4) is 11.4 Å². The third kappa shape index (κ3) is 3.51. The van der Waals surface area contributed by atoms with Crippen molar-refractivity contribution >= 4 is 40.0 Å². The van der Waals surface area contributed by atoms with Gasteiger partial charge in [-0.2, -0.15) is 0 Å². The lowest BCUT2D eigenvalue weighted by molar-refractivity contribution is -0.134. The molecule has 2 fully saturated rings. The summed E-state index contributed by atoms with van der Waals surface area (Å²) < 4.78 is 2.05. The summed E-state index contributed by atoms with van der Waals surface area (Å²) in [7, 11) is 0. The molecule has 2 aliphatic rings. The largest absolute Gasteiger partial charge is 0.338 e. The Labute approximate surface area is 197 Å². The standard InChI is InChI=1S/C25H25ClN6O/c1-15-3-5-17(6-4-15)22-28-29-23-20-10-9-19(26)13-21(20)27-25(32(22)23)30-11-12-31(16(2)14-30)24(33)18-7-8-18/h3-6,9-10,13,16,18H,7-8,11-12,14H2,1-2H3/t16-/m1/s1. The lowest BCUT2D eigenvalue weighted by atomic mass is 10.1. The van der Waals surface area contributed by atoms with Crippen LogP contribution in [0.4, 0.5) is 5.95 Å². The van der Waals surface area contributed by atoms with E-state index in [1.807, 2.05) is 27.5 Å². The average Bonchev–Trinajstić information content (AvgIpc) is 3.57. The van der Waals surface area contributed by atoms with Crippen LogP contribution in [-0.2, 0) is 4.79 Å². The molecule has 1 saturated heterocycles. The number of fused-ring (bicyclic) bond motifs is 3. The predicted molar refractivity (Wildman–Crippen MR) is 130 cm³/mol. The minimum atomic E-state index is 0.109. The lowest BCUT2D eigenvalue weighted by Gasteiger charge is -2.40. The Hall–Kier alpha value is -3.19. The topological polar surface area (TPSA) is 66.6 Å². The van der Waals surface area contributed by atoms with Gasteiger partial charge in [0.15, 0.2) is 11.5 Å². The number of carbonyl (C=O) groups is 1. The number of piperazine rings is 1. The molecule has 2 aromatic heterocycles. The highest BCUT2D eigenvalue weighted by Crippen LogP contribution is 2.34. The number of halogens is 1. The van der Waals surface area contributed by atoms with Gasteiger partial charge in [-0.1, -0.05) is 41.4 Å². The molecule has 0 bridgehead atoms. The third-order valence-electron chi connectivity index (χ3n) is 6.71. The fraction of sp³-hybridized carbons (Fsp3) is 0.360. The number of aryl methyl sites for hydroxylation is 1. The summed E-state index contributed by atoms with van der Waals surface area (Å²) in [4.78, 5) is 22.0. The van der Waals surface area contributed by atoms with Crippen molar-refractivity contribution < 1.29 is 4.79 Å². The van der Waals surface area contributed by atoms with Crippen LogP contribution in [-0.4, -0.2) is 56.1 Å². The molecule has 7 nitrogen and oxygen atoms in total. The van der Waals surface area contributed by atoms with Gasteiger partial charge in [0.25, 0.3) is 0 Å². The fourth-order valence-electron chi connectivity index (χ4n) is 4.73. The van der Waals surface area contributed by atoms with Gasteiger partial charge in [-0.25, -0.2) is 9.38 Å². The molecule has 1 aliphatic heterocycles. The van der Waals surface area contributed by atoms with Crippen LogP contribution >= 0.6 is 11.6 Å². The Balaban J connectivity index is 1.48. The highest BCUT2D eigenvalue weighted by Gasteiger charge is 2.38. The molecule has 0 N–H and O–H groups in total. The van der Waals surface area contributed by atoms with Gasteiger partial charge in [-0.05, 0) is 44.9 Å². The molecular formula is C25H25ClN6O. The van der Waals surface area contributed by atoms with Crippen LogP contribution in [0.3, 0.4) is 0 Å². The van der Waals surface area contributed by atoms with Crippen LogP contribution in [0.5, 0.6) is 0 Å². The zero-order valence-corrected chi connectivity index (χ0v) is 19.5. The number of carbonyl (C=O) groups excluding carboxylic acids is 1. The molecule has 1 aliphatic carbocycles. The second kappa shape index (κ2) is 7.70. The maximum absolute atomic E-state index is 12.7. The van der Waals surface area contributed by atoms with Crippen molar-refractivity contribution in [3.05, 3.63) is 53.1 Å². The number of hydrogen-bond acceptors (Lipinski definition) is 5. The summed E-state index contributed by atoms with van der Waals surface area (Å²) in [6, 6.07) is 14.1. The first-order chi connectivity index (χ1) is 16.0. The van der Waals surface area contributed by atoms with Gasteiger partial charge in [0.2, 0.25) is 11.9 Å². The number of aromatic nitrogens is 4. The van der Waals surface area contributed by atoms with Crippen LogP contribution in [0.25, 0.3) is 27.9 Å². The Bertz CT molecular complexity index is 1380. The monoisotopic (exact) mass is 460 g/mol. The first-order valence-electron chi connectivity index (χ1n) is 11.5. The van der Waals surface area contributed by atoms with Crippen LogP contribution in [0.2, 0.25) is 5.02 Å². The Morgan fingerprint density at radius 2 is 1.85 bits per heavy atom. The fourth-order valence-corrected chi connectivity index (χ4v) is 4.89. The SMILES string of the molecule is Cc1ccc(-c2nnc3c4ccc(Cl)cc4nc(N4CCN(C(=O)C5CC5)[C@H](C)C4)n23)cc1. The van der Waals surface area contributed by atoms with E-state index in [-0.39, 0.29) is 12.0 Å². The molecule has 0 spiro atoms. The summed E-state index contributed by atoms with van der Waals surface area (Å²) in [5.41, 5.74) is 3.72. The van der Waals surface area contributed by atoms with Crippen molar-refractivity contribution in [2.45, 2.75) is 32.7 Å². The van der Waals surface area contributed by atoms with Crippen molar-refractivity contribution in [1.82, 2.24) is 24.5 Å². The number of anilines is 1.